The fourth-order valence-electron chi connectivity index (χ4n) is 5.42. The second-order valence-corrected chi connectivity index (χ2v) is 9.54. The van der Waals surface area contributed by atoms with Crippen LogP contribution < -0.4 is 4.90 Å². The first kappa shape index (κ1) is 24.5. The summed E-state index contributed by atoms with van der Waals surface area (Å²) in [5, 5.41) is 2.22. The molecule has 0 aliphatic carbocycles. The number of pyridine rings is 1. The van der Waals surface area contributed by atoms with Crippen LogP contribution in [0.3, 0.4) is 0 Å². The van der Waals surface area contributed by atoms with Crippen molar-refractivity contribution in [3.8, 4) is 11.3 Å². The second kappa shape index (κ2) is 10.5. The molecule has 4 aromatic carbocycles. The molecule has 7 rings (SSSR count). The van der Waals surface area contributed by atoms with Crippen LogP contribution in [0.1, 0.15) is 29.5 Å². The Kier molecular flexibility index (Phi) is 6.78. The molecule has 3 nitrogen and oxygen atoms in total. The van der Waals surface area contributed by atoms with Gasteiger partial charge in [0.1, 0.15) is 0 Å². The van der Waals surface area contributed by atoms with Crippen molar-refractivity contribution in [3.05, 3.63) is 132 Å². The maximum absolute atomic E-state index is 4.67. The molecule has 186 valence electrons. The number of anilines is 3. The molecule has 4 heteroatoms. The zero-order valence-corrected chi connectivity index (χ0v) is 23.1. The second-order valence-electron chi connectivity index (χ2n) is 9.54. The first-order valence-electron chi connectivity index (χ1n) is 12.9. The number of aliphatic imine (C=N–C) groups is 1. The van der Waals surface area contributed by atoms with Gasteiger partial charge in [-0.3, -0.25) is 4.98 Å². The van der Waals surface area contributed by atoms with Crippen LogP contribution in [-0.4, -0.2) is 10.7 Å². The first-order valence-corrected chi connectivity index (χ1v) is 12.9. The smallest absolute Gasteiger partial charge is 0.346 e. The fraction of sp³-hybridized carbons (Fsp3) is 0.118. The standard InChI is InChI=1S/C34H25N3.Pt/c1-2-13-33-25(8-1)14-15-26-16-17-27(31-11-3-5-20-35-31)22-34(26)37(33)28-19-18-24-9-7-10-29(30(24)23-28)32-12-4-6-21-36-32;/h1-2,4-10,12-13,16-21H,3,11,14-15H2;/q-2;+2. The monoisotopic (exact) mass is 670 g/mol. The molecule has 0 amide bonds. The van der Waals surface area contributed by atoms with Crippen LogP contribution in [0.15, 0.2) is 108 Å². The maximum Gasteiger partial charge on any atom is 2.00 e. The van der Waals surface area contributed by atoms with Crippen molar-refractivity contribution in [2.45, 2.75) is 25.7 Å². The summed E-state index contributed by atoms with van der Waals surface area (Å²) in [4.78, 5) is 11.6. The number of allylic oxidation sites excluding steroid dienone is 1. The molecule has 0 bridgehead atoms. The zero-order chi connectivity index (χ0) is 24.6. The number of rotatable bonds is 3. The van der Waals surface area contributed by atoms with E-state index >= 15 is 0 Å². The molecule has 2 aliphatic rings. The molecule has 0 fully saturated rings. The number of aryl methyl sites for hydroxylation is 2. The van der Waals surface area contributed by atoms with E-state index in [0.29, 0.717) is 0 Å². The van der Waals surface area contributed by atoms with Gasteiger partial charge in [-0.2, -0.15) is 0 Å². The summed E-state index contributed by atoms with van der Waals surface area (Å²) in [6, 6.07) is 37.5. The minimum atomic E-state index is 0. The van der Waals surface area contributed by atoms with Crippen molar-refractivity contribution < 1.29 is 21.1 Å². The number of nitrogens with zero attached hydrogens (tertiary/aromatic N) is 3. The molecule has 0 unspecified atom stereocenters. The number of benzene rings is 4. The number of hydrogen-bond donors (Lipinski definition) is 0. The topological polar surface area (TPSA) is 28.5 Å². The van der Waals surface area contributed by atoms with Gasteiger partial charge in [0.15, 0.2) is 0 Å². The summed E-state index contributed by atoms with van der Waals surface area (Å²) in [5.74, 6) is 0. The Balaban J connectivity index is 0.00000264. The molecule has 1 aromatic heterocycles. The zero-order valence-electron chi connectivity index (χ0n) is 20.8. The third kappa shape index (κ3) is 4.42. The molecule has 0 atom stereocenters. The summed E-state index contributed by atoms with van der Waals surface area (Å²) in [6.07, 6.45) is 9.81. The first-order chi connectivity index (χ1) is 18.3. The summed E-state index contributed by atoms with van der Waals surface area (Å²) >= 11 is 0. The summed E-state index contributed by atoms with van der Waals surface area (Å²) < 4.78 is 0. The van der Waals surface area contributed by atoms with E-state index in [9.17, 15) is 0 Å². The number of fused-ring (bicyclic) bond motifs is 3. The minimum Gasteiger partial charge on any atom is -0.346 e. The molecule has 0 spiro atoms. The summed E-state index contributed by atoms with van der Waals surface area (Å²) in [5.41, 5.74) is 10.1. The van der Waals surface area contributed by atoms with E-state index in [1.807, 2.05) is 24.5 Å². The number of para-hydroxylation sites is 1. The van der Waals surface area contributed by atoms with E-state index in [1.165, 1.54) is 16.8 Å². The van der Waals surface area contributed by atoms with E-state index < -0.39 is 0 Å². The Morgan fingerprint density at radius 1 is 0.737 bits per heavy atom. The molecule has 0 saturated carbocycles. The van der Waals surface area contributed by atoms with Gasteiger partial charge in [-0.05, 0) is 60.1 Å². The van der Waals surface area contributed by atoms with Crippen molar-refractivity contribution in [1.82, 2.24) is 4.98 Å². The Morgan fingerprint density at radius 3 is 2.50 bits per heavy atom. The van der Waals surface area contributed by atoms with Gasteiger partial charge >= 0.3 is 21.1 Å². The molecule has 38 heavy (non-hydrogen) atoms. The number of aromatic nitrogens is 1. The third-order valence-electron chi connectivity index (χ3n) is 7.27. The third-order valence-corrected chi connectivity index (χ3v) is 7.27. The van der Waals surface area contributed by atoms with Gasteiger partial charge in [0.25, 0.3) is 0 Å². The van der Waals surface area contributed by atoms with Crippen molar-refractivity contribution in [2.75, 3.05) is 4.90 Å². The van der Waals surface area contributed by atoms with Crippen LogP contribution in [0.25, 0.3) is 22.0 Å². The van der Waals surface area contributed by atoms with E-state index in [2.05, 4.69) is 106 Å². The summed E-state index contributed by atoms with van der Waals surface area (Å²) in [6.45, 7) is 0. The van der Waals surface area contributed by atoms with E-state index in [4.69, 9.17) is 0 Å². The average molecular weight is 671 g/mol. The molecule has 0 radical (unpaired) electrons. The van der Waals surface area contributed by atoms with E-state index in [1.54, 1.807) is 0 Å². The van der Waals surface area contributed by atoms with Gasteiger partial charge in [0.05, 0.1) is 0 Å². The van der Waals surface area contributed by atoms with Gasteiger partial charge in [0, 0.05) is 23.8 Å². The van der Waals surface area contributed by atoms with Crippen LogP contribution in [0.2, 0.25) is 0 Å². The van der Waals surface area contributed by atoms with Gasteiger partial charge in [0.2, 0.25) is 0 Å². The molecule has 0 saturated heterocycles. The van der Waals surface area contributed by atoms with Crippen molar-refractivity contribution >= 4 is 33.5 Å². The van der Waals surface area contributed by atoms with Gasteiger partial charge in [-0.1, -0.05) is 60.5 Å². The Labute approximate surface area is 237 Å². The number of hydrogen-bond acceptors (Lipinski definition) is 3. The van der Waals surface area contributed by atoms with Crippen molar-refractivity contribution in [3.63, 3.8) is 0 Å². The maximum atomic E-state index is 4.67. The average Bonchev–Trinajstić information content (AvgIpc) is 3.14. The largest absolute Gasteiger partial charge is 2.00 e. The Morgan fingerprint density at radius 2 is 1.63 bits per heavy atom. The van der Waals surface area contributed by atoms with Crippen LogP contribution >= 0.6 is 0 Å². The predicted octanol–water partition coefficient (Wildman–Crippen LogP) is 8.16. The van der Waals surface area contributed by atoms with Crippen molar-refractivity contribution in [1.29, 1.82) is 0 Å². The van der Waals surface area contributed by atoms with Crippen LogP contribution in [0.5, 0.6) is 0 Å². The Hall–Kier alpha value is -3.81. The van der Waals surface area contributed by atoms with Gasteiger partial charge < -0.3 is 9.89 Å². The normalized spacial score (nSPS) is 14.2. The quantitative estimate of drug-likeness (QED) is 0.181. The fourth-order valence-corrected chi connectivity index (χ4v) is 5.42. The molecular weight excluding hydrogens is 645 g/mol. The molecular formula is C34H25N3Pt. The van der Waals surface area contributed by atoms with Crippen LogP contribution in [-0.2, 0) is 33.9 Å². The van der Waals surface area contributed by atoms with Gasteiger partial charge in [-0.25, -0.2) is 0 Å². The van der Waals surface area contributed by atoms with Crippen molar-refractivity contribution in [2.24, 2.45) is 4.99 Å². The molecule has 2 aliphatic heterocycles. The Bertz CT molecular complexity index is 1690. The minimum absolute atomic E-state index is 0. The SMILES string of the molecule is [Pt+2].[c-]1c(C2=NC=CCC2)ccc2c1N(c1[c-]c3c(-c4ccccn4)cccc3cc1)c1ccccc1CC2. The summed E-state index contributed by atoms with van der Waals surface area (Å²) in [7, 11) is 0. The van der Waals surface area contributed by atoms with Crippen LogP contribution in [0.4, 0.5) is 17.1 Å². The molecule has 3 heterocycles. The van der Waals surface area contributed by atoms with Crippen LogP contribution in [0, 0.1) is 12.1 Å². The molecule has 5 aromatic rings. The van der Waals surface area contributed by atoms with Gasteiger partial charge in [-0.15, -0.1) is 58.3 Å². The van der Waals surface area contributed by atoms with E-state index in [0.717, 1.165) is 70.4 Å². The molecule has 0 N–H and O–H groups in total. The van der Waals surface area contributed by atoms with E-state index in [-0.39, 0.29) is 21.1 Å². The predicted molar refractivity (Wildman–Crippen MR) is 152 cm³/mol.